The van der Waals surface area contributed by atoms with Crippen LogP contribution in [-0.2, 0) is 38.9 Å². The van der Waals surface area contributed by atoms with Crippen LogP contribution in [0.4, 0.5) is 0 Å². The number of hydrogen-bond acceptors (Lipinski definition) is 4. The minimum Gasteiger partial charge on any atom is -0.481 e. The van der Waals surface area contributed by atoms with E-state index in [0.717, 1.165) is 6.92 Å². The Labute approximate surface area is 77.7 Å². The van der Waals surface area contributed by atoms with Crippen molar-refractivity contribution in [3.05, 3.63) is 15.3 Å². The minimum atomic E-state index is -1.75. The molecule has 0 aliphatic carbocycles. The van der Waals surface area contributed by atoms with Gasteiger partial charge in [-0.2, -0.15) is 0 Å². The van der Waals surface area contributed by atoms with Gasteiger partial charge in [0.1, 0.15) is 0 Å². The summed E-state index contributed by atoms with van der Waals surface area (Å²) in [4.78, 5) is 17.2. The Bertz CT molecular complexity index is 75.6. The van der Waals surface area contributed by atoms with Crippen LogP contribution in [-0.4, -0.2) is 16.2 Å². The molecule has 0 unspecified atom stereocenters. The molecule has 0 fully saturated rings. The summed E-state index contributed by atoms with van der Waals surface area (Å²) in [7, 11) is 0. The van der Waals surface area contributed by atoms with Crippen LogP contribution in [0.25, 0.3) is 0 Å². The number of rotatable bonds is 0. The molecule has 0 aromatic carbocycles. The molecule has 0 aromatic heterocycles. The first kappa shape index (κ1) is 22.6. The van der Waals surface area contributed by atoms with E-state index in [-0.39, 0.29) is 34.1 Å². The van der Waals surface area contributed by atoms with Gasteiger partial charge in [0.05, 0.1) is 5.09 Å². The molecule has 0 aromatic rings. The molecular weight excluding hydrogens is 230 g/mol. The molecule has 0 heterocycles. The third-order valence-electron chi connectivity index (χ3n) is 0. The standard InChI is InChI=1S/C2H4O2.2Fe.NO3/c1-2(3)4;;;2-1(3)4/h1H3,(H,3,4);;;/q;;+3;-1. The predicted molar refractivity (Wildman–Crippen MR) is 23.7 cm³/mol. The summed E-state index contributed by atoms with van der Waals surface area (Å²) in [5.41, 5.74) is 0. The Morgan fingerprint density at radius 3 is 1.50 bits per heavy atom. The van der Waals surface area contributed by atoms with Gasteiger partial charge in [0.25, 0.3) is 5.97 Å². The summed E-state index contributed by atoms with van der Waals surface area (Å²) in [5, 5.41) is 22.2. The molecule has 10 heavy (non-hydrogen) atoms. The maximum atomic E-state index is 9.00. The van der Waals surface area contributed by atoms with Crippen molar-refractivity contribution in [1.29, 1.82) is 0 Å². The van der Waals surface area contributed by atoms with Crippen molar-refractivity contribution in [2.75, 3.05) is 0 Å². The van der Waals surface area contributed by atoms with E-state index >= 15 is 0 Å². The zero-order chi connectivity index (χ0) is 7.15. The van der Waals surface area contributed by atoms with Crippen LogP contribution in [0.1, 0.15) is 6.92 Å². The number of aliphatic carboxylic acids is 1. The largest absolute Gasteiger partial charge is 3.00 e. The van der Waals surface area contributed by atoms with Crippen LogP contribution in [0, 0.1) is 15.3 Å². The van der Waals surface area contributed by atoms with Crippen molar-refractivity contribution in [3.63, 3.8) is 0 Å². The third-order valence-corrected chi connectivity index (χ3v) is 0. The molecule has 0 amide bonds. The van der Waals surface area contributed by atoms with E-state index in [4.69, 9.17) is 25.2 Å². The van der Waals surface area contributed by atoms with Crippen LogP contribution < -0.4 is 0 Å². The molecule has 61 valence electrons. The Balaban J connectivity index is -0.0000000300. The molecule has 0 aliphatic rings. The monoisotopic (exact) mass is 234 g/mol. The third kappa shape index (κ3) is 4100. The summed E-state index contributed by atoms with van der Waals surface area (Å²) in [6.07, 6.45) is 0. The number of carboxylic acid groups (broad SMARTS) is 1. The van der Waals surface area contributed by atoms with Gasteiger partial charge < -0.3 is 20.4 Å². The van der Waals surface area contributed by atoms with E-state index in [1.54, 1.807) is 0 Å². The molecule has 0 saturated carbocycles. The van der Waals surface area contributed by atoms with Gasteiger partial charge in [-0.05, 0) is 0 Å². The van der Waals surface area contributed by atoms with E-state index < -0.39 is 11.1 Å². The average Bonchev–Trinajstić information content (AvgIpc) is 1.25. The summed E-state index contributed by atoms with van der Waals surface area (Å²) in [6, 6.07) is 0. The molecule has 0 atom stereocenters. The molecule has 8 heteroatoms. The fraction of sp³-hybridized carbons (Fsp3) is 0.500. The topological polar surface area (TPSA) is 104 Å². The number of nitrogens with zero attached hydrogens (tertiary/aromatic N) is 1. The van der Waals surface area contributed by atoms with E-state index in [2.05, 4.69) is 0 Å². The van der Waals surface area contributed by atoms with Gasteiger partial charge in [0.15, 0.2) is 0 Å². The van der Waals surface area contributed by atoms with E-state index in [9.17, 15) is 0 Å². The van der Waals surface area contributed by atoms with Gasteiger partial charge in [-0.15, -0.1) is 0 Å². The van der Waals surface area contributed by atoms with Crippen LogP contribution in [0.15, 0.2) is 0 Å². The van der Waals surface area contributed by atoms with E-state index in [1.165, 1.54) is 0 Å². The van der Waals surface area contributed by atoms with Crippen molar-refractivity contribution in [3.8, 4) is 0 Å². The minimum absolute atomic E-state index is 0. The molecule has 6 nitrogen and oxygen atoms in total. The Hall–Kier alpha value is -0.291. The molecule has 0 rings (SSSR count). The fourth-order valence-corrected chi connectivity index (χ4v) is 0. The molecule has 1 N–H and O–H groups in total. The van der Waals surface area contributed by atoms with Gasteiger partial charge in [0, 0.05) is 24.0 Å². The molecule has 0 bridgehead atoms. The van der Waals surface area contributed by atoms with E-state index in [1.807, 2.05) is 0 Å². The van der Waals surface area contributed by atoms with Crippen molar-refractivity contribution < 1.29 is 49.1 Å². The first-order valence-electron chi connectivity index (χ1n) is 1.48. The number of carboxylic acids is 1. The first-order valence-corrected chi connectivity index (χ1v) is 1.48. The van der Waals surface area contributed by atoms with Gasteiger partial charge >= 0.3 is 17.1 Å². The zero-order valence-corrected chi connectivity index (χ0v) is 6.94. The Morgan fingerprint density at radius 2 is 1.50 bits per heavy atom. The quantitative estimate of drug-likeness (QED) is 0.356. The normalized spacial score (nSPS) is 4.90. The molecular formula is C2H4Fe2NO5+2. The van der Waals surface area contributed by atoms with Crippen LogP contribution in [0.5, 0.6) is 0 Å². The second-order valence-electron chi connectivity index (χ2n) is 0.743. The van der Waals surface area contributed by atoms with E-state index in [0.29, 0.717) is 0 Å². The van der Waals surface area contributed by atoms with Gasteiger partial charge in [0.2, 0.25) is 0 Å². The van der Waals surface area contributed by atoms with Crippen LogP contribution >= 0.6 is 0 Å². The maximum Gasteiger partial charge on any atom is 3.00 e. The first-order chi connectivity index (χ1) is 3.46. The Morgan fingerprint density at radius 1 is 1.50 bits per heavy atom. The zero-order valence-electron chi connectivity index (χ0n) is 4.73. The molecule has 0 aliphatic heterocycles. The average molecular weight is 234 g/mol. The van der Waals surface area contributed by atoms with Crippen molar-refractivity contribution in [1.82, 2.24) is 0 Å². The van der Waals surface area contributed by atoms with Gasteiger partial charge in [-0.25, -0.2) is 0 Å². The molecule has 0 saturated heterocycles. The maximum absolute atomic E-state index is 9.00. The summed E-state index contributed by atoms with van der Waals surface area (Å²) < 4.78 is 0. The van der Waals surface area contributed by atoms with Crippen molar-refractivity contribution in [2.45, 2.75) is 6.92 Å². The smallest absolute Gasteiger partial charge is 0.481 e. The van der Waals surface area contributed by atoms with Crippen LogP contribution in [0.2, 0.25) is 0 Å². The number of carbonyl (C=O) groups is 1. The second kappa shape index (κ2) is 15.9. The van der Waals surface area contributed by atoms with Crippen molar-refractivity contribution in [2.24, 2.45) is 0 Å². The van der Waals surface area contributed by atoms with Gasteiger partial charge in [-0.1, -0.05) is 0 Å². The van der Waals surface area contributed by atoms with Gasteiger partial charge in [-0.3, -0.25) is 4.79 Å². The molecule has 0 spiro atoms. The summed E-state index contributed by atoms with van der Waals surface area (Å²) >= 11 is 0. The van der Waals surface area contributed by atoms with Crippen molar-refractivity contribution >= 4 is 5.97 Å². The summed E-state index contributed by atoms with van der Waals surface area (Å²) in [6.45, 7) is 1.08. The predicted octanol–water partition coefficient (Wildman–Crippen LogP) is -0.153. The number of hydrogen-bond donors (Lipinski definition) is 1. The van der Waals surface area contributed by atoms with Crippen LogP contribution in [0.3, 0.4) is 0 Å². The fourth-order valence-electron chi connectivity index (χ4n) is 0. The molecule has 1 radical (unpaired) electrons. The summed E-state index contributed by atoms with van der Waals surface area (Å²) in [5.74, 6) is -0.833. The SMILES string of the molecule is CC(=O)O.O=[N+]([O-])[O-].[Fe+3].[Fe]. The Kier molecular flexibility index (Phi) is 35.9. The second-order valence-corrected chi connectivity index (χ2v) is 0.743.